The zero-order valence-electron chi connectivity index (χ0n) is 11.9. The Hall–Kier alpha value is -2.44. The van der Waals surface area contributed by atoms with Gasteiger partial charge in [-0.05, 0) is 25.5 Å². The first-order valence-electron chi connectivity index (χ1n) is 6.42. The number of halogens is 3. The van der Waals surface area contributed by atoms with Gasteiger partial charge in [0.2, 0.25) is 0 Å². The minimum Gasteiger partial charge on any atom is -0.478 e. The van der Waals surface area contributed by atoms with Gasteiger partial charge in [0.25, 0.3) is 0 Å². The molecule has 0 saturated carbocycles. The third-order valence-electron chi connectivity index (χ3n) is 3.15. The summed E-state index contributed by atoms with van der Waals surface area (Å²) in [6.45, 7) is 3.07. The summed E-state index contributed by atoms with van der Waals surface area (Å²) >= 11 is 0. The van der Waals surface area contributed by atoms with Gasteiger partial charge in [-0.2, -0.15) is 13.2 Å². The highest BCUT2D eigenvalue weighted by atomic mass is 19.4. The first-order valence-corrected chi connectivity index (χ1v) is 6.42. The van der Waals surface area contributed by atoms with Crippen LogP contribution < -0.4 is 0 Å². The fourth-order valence-corrected chi connectivity index (χ4v) is 2.21. The van der Waals surface area contributed by atoms with E-state index in [-0.39, 0.29) is 12.0 Å². The molecule has 1 aromatic heterocycles. The van der Waals surface area contributed by atoms with Crippen molar-refractivity contribution in [3.05, 3.63) is 58.2 Å². The molecule has 0 unspecified atom stereocenters. The number of rotatable bonds is 3. The summed E-state index contributed by atoms with van der Waals surface area (Å²) in [5, 5.41) is 9.05. The molecule has 2 rings (SSSR count). The molecule has 0 saturated heterocycles. The Balaban J connectivity index is 2.34. The van der Waals surface area contributed by atoms with Gasteiger partial charge in [0, 0.05) is 6.42 Å². The normalized spacial score (nSPS) is 11.5. The van der Waals surface area contributed by atoms with Crippen LogP contribution in [0, 0.1) is 13.8 Å². The summed E-state index contributed by atoms with van der Waals surface area (Å²) in [5.41, 5.74) is 0.286. The standard InChI is InChI=1S/C15H13F3N2O2/c1-8-13(14(21)22)9(2)20-12(19-8)7-10-4-3-5-11(6-10)15(16,17)18/h3-6H,7H2,1-2H3,(H,21,22). The second-order valence-electron chi connectivity index (χ2n) is 4.87. The Kier molecular flexibility index (Phi) is 4.16. The van der Waals surface area contributed by atoms with E-state index in [0.717, 1.165) is 12.1 Å². The lowest BCUT2D eigenvalue weighted by Gasteiger charge is -2.10. The Morgan fingerprint density at radius 2 is 1.77 bits per heavy atom. The van der Waals surface area contributed by atoms with Crippen molar-refractivity contribution in [1.82, 2.24) is 9.97 Å². The predicted octanol–water partition coefficient (Wildman–Crippen LogP) is 3.40. The topological polar surface area (TPSA) is 63.1 Å². The van der Waals surface area contributed by atoms with Crippen LogP contribution in [0.2, 0.25) is 0 Å². The fourth-order valence-electron chi connectivity index (χ4n) is 2.21. The number of hydrogen-bond acceptors (Lipinski definition) is 3. The predicted molar refractivity (Wildman–Crippen MR) is 72.7 cm³/mol. The number of aromatic nitrogens is 2. The van der Waals surface area contributed by atoms with E-state index < -0.39 is 17.7 Å². The van der Waals surface area contributed by atoms with Crippen molar-refractivity contribution in [2.24, 2.45) is 0 Å². The third-order valence-corrected chi connectivity index (χ3v) is 3.15. The second kappa shape index (κ2) is 5.75. The maximum absolute atomic E-state index is 12.7. The minimum absolute atomic E-state index is 0.0211. The summed E-state index contributed by atoms with van der Waals surface area (Å²) in [4.78, 5) is 19.2. The Bertz CT molecular complexity index is 704. The molecule has 0 amide bonds. The van der Waals surface area contributed by atoms with Crippen molar-refractivity contribution in [3.8, 4) is 0 Å². The van der Waals surface area contributed by atoms with Crippen molar-refractivity contribution < 1.29 is 23.1 Å². The lowest BCUT2D eigenvalue weighted by molar-refractivity contribution is -0.137. The molecular formula is C15H13F3N2O2. The van der Waals surface area contributed by atoms with E-state index in [2.05, 4.69) is 9.97 Å². The molecule has 0 aliphatic rings. The maximum atomic E-state index is 12.7. The number of hydrogen-bond donors (Lipinski definition) is 1. The quantitative estimate of drug-likeness (QED) is 0.943. The molecule has 0 spiro atoms. The Morgan fingerprint density at radius 1 is 1.18 bits per heavy atom. The zero-order valence-corrected chi connectivity index (χ0v) is 11.9. The van der Waals surface area contributed by atoms with Crippen LogP contribution in [0.15, 0.2) is 24.3 Å². The summed E-state index contributed by atoms with van der Waals surface area (Å²) in [6.07, 6.45) is -4.30. The van der Waals surface area contributed by atoms with Crippen LogP contribution in [0.5, 0.6) is 0 Å². The van der Waals surface area contributed by atoms with Crippen molar-refractivity contribution in [2.45, 2.75) is 26.4 Å². The Morgan fingerprint density at radius 3 is 2.27 bits per heavy atom. The lowest BCUT2D eigenvalue weighted by atomic mass is 10.1. The van der Waals surface area contributed by atoms with Crippen molar-refractivity contribution >= 4 is 5.97 Å². The van der Waals surface area contributed by atoms with E-state index in [0.29, 0.717) is 22.8 Å². The smallest absolute Gasteiger partial charge is 0.416 e. The SMILES string of the molecule is Cc1nc(Cc2cccc(C(F)(F)F)c2)nc(C)c1C(=O)O. The third kappa shape index (κ3) is 3.41. The number of alkyl halides is 3. The lowest BCUT2D eigenvalue weighted by Crippen LogP contribution is -2.11. The van der Waals surface area contributed by atoms with Crippen molar-refractivity contribution in [3.63, 3.8) is 0 Å². The molecule has 0 bridgehead atoms. The molecule has 4 nitrogen and oxygen atoms in total. The summed E-state index contributed by atoms with van der Waals surface area (Å²) in [7, 11) is 0. The van der Waals surface area contributed by atoms with Crippen LogP contribution in [0.25, 0.3) is 0 Å². The molecular weight excluding hydrogens is 297 g/mol. The average molecular weight is 310 g/mol. The molecule has 0 radical (unpaired) electrons. The van der Waals surface area contributed by atoms with Gasteiger partial charge >= 0.3 is 12.1 Å². The molecule has 1 N–H and O–H groups in total. The van der Waals surface area contributed by atoms with Crippen LogP contribution in [0.3, 0.4) is 0 Å². The van der Waals surface area contributed by atoms with Gasteiger partial charge in [0.15, 0.2) is 0 Å². The van der Waals surface area contributed by atoms with E-state index in [1.54, 1.807) is 6.07 Å². The molecule has 0 aliphatic carbocycles. The molecule has 0 atom stereocenters. The number of nitrogens with zero attached hydrogens (tertiary/aromatic N) is 2. The molecule has 116 valence electrons. The number of carboxylic acid groups (broad SMARTS) is 1. The molecule has 7 heteroatoms. The molecule has 22 heavy (non-hydrogen) atoms. The van der Waals surface area contributed by atoms with Crippen LogP contribution >= 0.6 is 0 Å². The summed E-state index contributed by atoms with van der Waals surface area (Å²) in [6, 6.07) is 4.91. The fraction of sp³-hybridized carbons (Fsp3) is 0.267. The van der Waals surface area contributed by atoms with E-state index in [4.69, 9.17) is 5.11 Å². The van der Waals surface area contributed by atoms with Crippen molar-refractivity contribution in [2.75, 3.05) is 0 Å². The molecule has 1 heterocycles. The first kappa shape index (κ1) is 15.9. The van der Waals surface area contributed by atoms with Crippen LogP contribution in [-0.4, -0.2) is 21.0 Å². The molecule has 2 aromatic rings. The first-order chi connectivity index (χ1) is 10.2. The highest BCUT2D eigenvalue weighted by Crippen LogP contribution is 2.29. The zero-order chi connectivity index (χ0) is 16.5. The van der Waals surface area contributed by atoms with E-state index in [1.165, 1.54) is 19.9 Å². The average Bonchev–Trinajstić information content (AvgIpc) is 2.36. The van der Waals surface area contributed by atoms with Crippen LogP contribution in [0.1, 0.15) is 38.7 Å². The number of carbonyl (C=O) groups is 1. The second-order valence-corrected chi connectivity index (χ2v) is 4.87. The number of aromatic carboxylic acids is 1. The maximum Gasteiger partial charge on any atom is 0.416 e. The highest BCUT2D eigenvalue weighted by molar-refractivity contribution is 5.89. The van der Waals surface area contributed by atoms with Gasteiger partial charge in [-0.1, -0.05) is 18.2 Å². The van der Waals surface area contributed by atoms with Gasteiger partial charge in [0.05, 0.1) is 17.0 Å². The van der Waals surface area contributed by atoms with Gasteiger partial charge in [-0.3, -0.25) is 0 Å². The monoisotopic (exact) mass is 310 g/mol. The van der Waals surface area contributed by atoms with Crippen LogP contribution in [-0.2, 0) is 12.6 Å². The van der Waals surface area contributed by atoms with Gasteiger partial charge in [0.1, 0.15) is 11.4 Å². The molecule has 1 aromatic carbocycles. The molecule has 0 aliphatic heterocycles. The van der Waals surface area contributed by atoms with Crippen LogP contribution in [0.4, 0.5) is 13.2 Å². The Labute approximate surface area is 124 Å². The number of carboxylic acids is 1. The van der Waals surface area contributed by atoms with E-state index >= 15 is 0 Å². The van der Waals surface area contributed by atoms with Gasteiger partial charge < -0.3 is 5.11 Å². The highest BCUT2D eigenvalue weighted by Gasteiger charge is 2.30. The van der Waals surface area contributed by atoms with E-state index in [1.807, 2.05) is 0 Å². The number of benzene rings is 1. The van der Waals surface area contributed by atoms with Crippen molar-refractivity contribution in [1.29, 1.82) is 0 Å². The largest absolute Gasteiger partial charge is 0.478 e. The summed E-state index contributed by atoms with van der Waals surface area (Å²) in [5.74, 6) is -0.833. The molecule has 0 fully saturated rings. The van der Waals surface area contributed by atoms with Gasteiger partial charge in [-0.15, -0.1) is 0 Å². The minimum atomic E-state index is -4.41. The number of aryl methyl sites for hydroxylation is 2. The van der Waals surface area contributed by atoms with Gasteiger partial charge in [-0.25, -0.2) is 14.8 Å². The summed E-state index contributed by atoms with van der Waals surface area (Å²) < 4.78 is 38.0. The van der Waals surface area contributed by atoms with E-state index in [9.17, 15) is 18.0 Å².